The van der Waals surface area contributed by atoms with Crippen LogP contribution in [-0.2, 0) is 15.1 Å². The summed E-state index contributed by atoms with van der Waals surface area (Å²) in [5.41, 5.74) is -0.212. The van der Waals surface area contributed by atoms with E-state index in [1.165, 1.54) is 11.3 Å². The zero-order valence-corrected chi connectivity index (χ0v) is 10.3. The van der Waals surface area contributed by atoms with Crippen molar-refractivity contribution >= 4 is 17.2 Å². The Balaban J connectivity index is 2.39. The average molecular weight is 243 g/mol. The van der Waals surface area contributed by atoms with Crippen LogP contribution in [0.25, 0.3) is 0 Å². The monoisotopic (exact) mass is 243 g/mol. The smallest absolute Gasteiger partial charge is 0.246 e. The molecule has 0 fully saturated rings. The van der Waals surface area contributed by atoms with Crippen LogP contribution in [0.5, 0.6) is 0 Å². The van der Waals surface area contributed by atoms with E-state index in [-0.39, 0.29) is 19.1 Å². The third-order valence-corrected chi connectivity index (χ3v) is 2.89. The molecule has 0 saturated heterocycles. The summed E-state index contributed by atoms with van der Waals surface area (Å²) < 4.78 is 4.96. The van der Waals surface area contributed by atoms with E-state index in [2.05, 4.69) is 5.32 Å². The molecule has 0 radical (unpaired) electrons. The lowest BCUT2D eigenvalue weighted by atomic mass is 9.99. The standard InChI is InChI=1S/C11H17NO3S/c1-3-15-6-10(13)12-8-11(2,14)9-4-5-16-7-9/h4-5,7,14H,3,6,8H2,1-2H3,(H,12,13). The molecule has 0 spiro atoms. The number of nitrogens with one attached hydrogen (secondary N) is 1. The number of ether oxygens (including phenoxy) is 1. The molecule has 4 nitrogen and oxygen atoms in total. The van der Waals surface area contributed by atoms with Gasteiger partial charge in [0.05, 0.1) is 6.54 Å². The van der Waals surface area contributed by atoms with Crippen molar-refractivity contribution in [2.75, 3.05) is 19.8 Å². The molecule has 0 aliphatic rings. The van der Waals surface area contributed by atoms with Gasteiger partial charge in [0.2, 0.25) is 5.91 Å². The summed E-state index contributed by atoms with van der Waals surface area (Å²) in [6.45, 7) is 4.24. The quantitative estimate of drug-likeness (QED) is 0.787. The Bertz CT molecular complexity index is 322. The molecule has 1 rings (SSSR count). The maximum absolute atomic E-state index is 11.3. The summed E-state index contributed by atoms with van der Waals surface area (Å²) in [4.78, 5) is 11.3. The third-order valence-electron chi connectivity index (χ3n) is 2.21. The molecule has 0 aliphatic heterocycles. The number of carbonyl (C=O) groups excluding carboxylic acids is 1. The van der Waals surface area contributed by atoms with Gasteiger partial charge in [-0.15, -0.1) is 0 Å². The summed E-state index contributed by atoms with van der Waals surface area (Å²) in [6.07, 6.45) is 0. The summed E-state index contributed by atoms with van der Waals surface area (Å²) >= 11 is 1.52. The first-order valence-corrected chi connectivity index (χ1v) is 6.10. The second-order valence-corrected chi connectivity index (χ2v) is 4.48. The second-order valence-electron chi connectivity index (χ2n) is 3.70. The molecule has 5 heteroatoms. The van der Waals surface area contributed by atoms with Gasteiger partial charge in [-0.05, 0) is 36.2 Å². The van der Waals surface area contributed by atoms with Gasteiger partial charge in [-0.1, -0.05) is 0 Å². The van der Waals surface area contributed by atoms with Crippen LogP contribution in [0.2, 0.25) is 0 Å². The normalized spacial score (nSPS) is 14.4. The van der Waals surface area contributed by atoms with E-state index < -0.39 is 5.60 Å². The molecular formula is C11H17NO3S. The molecule has 1 unspecified atom stereocenters. The Kier molecular flexibility index (Phi) is 4.92. The Hall–Kier alpha value is -0.910. The van der Waals surface area contributed by atoms with Crippen LogP contribution in [0.4, 0.5) is 0 Å². The number of hydrogen-bond donors (Lipinski definition) is 2. The maximum atomic E-state index is 11.3. The molecular weight excluding hydrogens is 226 g/mol. The van der Waals surface area contributed by atoms with Crippen molar-refractivity contribution in [1.82, 2.24) is 5.32 Å². The first kappa shape index (κ1) is 13.2. The lowest BCUT2D eigenvalue weighted by Crippen LogP contribution is -2.39. The van der Waals surface area contributed by atoms with Gasteiger partial charge in [0.1, 0.15) is 12.2 Å². The zero-order chi connectivity index (χ0) is 12.0. The van der Waals surface area contributed by atoms with Gasteiger partial charge < -0.3 is 15.2 Å². The van der Waals surface area contributed by atoms with Crippen molar-refractivity contribution < 1.29 is 14.6 Å². The molecule has 0 aromatic carbocycles. The molecule has 1 aromatic heterocycles. The van der Waals surface area contributed by atoms with E-state index in [0.717, 1.165) is 5.56 Å². The molecule has 1 heterocycles. The van der Waals surface area contributed by atoms with Gasteiger partial charge in [-0.3, -0.25) is 4.79 Å². The predicted molar refractivity (Wildman–Crippen MR) is 63.4 cm³/mol. The molecule has 16 heavy (non-hydrogen) atoms. The Labute approximate surface area is 99.2 Å². The Morgan fingerprint density at radius 1 is 1.69 bits per heavy atom. The van der Waals surface area contributed by atoms with Gasteiger partial charge in [0.15, 0.2) is 0 Å². The molecule has 0 bridgehead atoms. The van der Waals surface area contributed by atoms with Gasteiger partial charge in [-0.25, -0.2) is 0 Å². The zero-order valence-electron chi connectivity index (χ0n) is 9.53. The second kappa shape index (κ2) is 5.98. The highest BCUT2D eigenvalue weighted by Gasteiger charge is 2.23. The number of rotatable bonds is 6. The van der Waals surface area contributed by atoms with Gasteiger partial charge >= 0.3 is 0 Å². The van der Waals surface area contributed by atoms with Crippen molar-refractivity contribution in [2.24, 2.45) is 0 Å². The largest absolute Gasteiger partial charge is 0.384 e. The molecule has 1 aromatic rings. The van der Waals surface area contributed by atoms with Crippen LogP contribution in [0.3, 0.4) is 0 Å². The van der Waals surface area contributed by atoms with Crippen molar-refractivity contribution in [2.45, 2.75) is 19.4 Å². The van der Waals surface area contributed by atoms with E-state index in [0.29, 0.717) is 6.61 Å². The predicted octanol–water partition coefficient (Wildman–Crippen LogP) is 1.11. The highest BCUT2D eigenvalue weighted by molar-refractivity contribution is 7.08. The fraction of sp³-hybridized carbons (Fsp3) is 0.545. The van der Waals surface area contributed by atoms with Crippen molar-refractivity contribution in [3.05, 3.63) is 22.4 Å². The van der Waals surface area contributed by atoms with E-state index in [1.54, 1.807) is 6.92 Å². The van der Waals surface area contributed by atoms with Gasteiger partial charge in [0.25, 0.3) is 0 Å². The van der Waals surface area contributed by atoms with Gasteiger partial charge in [0, 0.05) is 6.61 Å². The van der Waals surface area contributed by atoms with E-state index in [4.69, 9.17) is 4.74 Å². The van der Waals surface area contributed by atoms with Crippen LogP contribution in [0.15, 0.2) is 16.8 Å². The summed E-state index contributed by atoms with van der Waals surface area (Å²) in [6, 6.07) is 1.85. The Morgan fingerprint density at radius 2 is 2.44 bits per heavy atom. The number of thiophene rings is 1. The molecule has 2 N–H and O–H groups in total. The molecule has 1 atom stereocenters. The summed E-state index contributed by atoms with van der Waals surface area (Å²) in [5.74, 6) is -0.211. The van der Waals surface area contributed by atoms with Crippen molar-refractivity contribution in [3.63, 3.8) is 0 Å². The van der Waals surface area contributed by atoms with Crippen LogP contribution >= 0.6 is 11.3 Å². The minimum atomic E-state index is -1.03. The SMILES string of the molecule is CCOCC(=O)NCC(C)(O)c1ccsc1. The molecule has 0 saturated carbocycles. The highest BCUT2D eigenvalue weighted by atomic mass is 32.1. The number of hydrogen-bond acceptors (Lipinski definition) is 4. The number of amides is 1. The highest BCUT2D eigenvalue weighted by Crippen LogP contribution is 2.21. The number of aliphatic hydroxyl groups is 1. The van der Waals surface area contributed by atoms with Crippen LogP contribution in [0, 0.1) is 0 Å². The summed E-state index contributed by atoms with van der Waals surface area (Å²) in [5, 5.41) is 16.5. The maximum Gasteiger partial charge on any atom is 0.246 e. The van der Waals surface area contributed by atoms with Crippen LogP contribution in [0.1, 0.15) is 19.4 Å². The van der Waals surface area contributed by atoms with Gasteiger partial charge in [-0.2, -0.15) is 11.3 Å². The van der Waals surface area contributed by atoms with E-state index in [1.807, 2.05) is 23.8 Å². The Morgan fingerprint density at radius 3 is 3.00 bits per heavy atom. The fourth-order valence-electron chi connectivity index (χ4n) is 1.19. The van der Waals surface area contributed by atoms with Crippen LogP contribution in [-0.4, -0.2) is 30.8 Å². The van der Waals surface area contributed by atoms with E-state index >= 15 is 0 Å². The van der Waals surface area contributed by atoms with Crippen molar-refractivity contribution in [1.29, 1.82) is 0 Å². The molecule has 0 aliphatic carbocycles. The van der Waals surface area contributed by atoms with Crippen molar-refractivity contribution in [3.8, 4) is 0 Å². The number of carbonyl (C=O) groups is 1. The average Bonchev–Trinajstić information content (AvgIpc) is 2.77. The van der Waals surface area contributed by atoms with Crippen LogP contribution < -0.4 is 5.32 Å². The molecule has 1 amide bonds. The lowest BCUT2D eigenvalue weighted by Gasteiger charge is -2.22. The molecule has 90 valence electrons. The minimum absolute atomic E-state index is 0.0379. The topological polar surface area (TPSA) is 58.6 Å². The first-order chi connectivity index (χ1) is 7.56. The first-order valence-electron chi connectivity index (χ1n) is 5.15. The fourth-order valence-corrected chi connectivity index (χ4v) is 1.97. The summed E-state index contributed by atoms with van der Waals surface area (Å²) in [7, 11) is 0. The third kappa shape index (κ3) is 3.92. The van der Waals surface area contributed by atoms with E-state index in [9.17, 15) is 9.90 Å². The lowest BCUT2D eigenvalue weighted by molar-refractivity contribution is -0.126. The minimum Gasteiger partial charge on any atom is -0.384 e.